The summed E-state index contributed by atoms with van der Waals surface area (Å²) in [6.07, 6.45) is 2.67. The van der Waals surface area contributed by atoms with E-state index in [1.165, 1.54) is 0 Å². The van der Waals surface area contributed by atoms with Crippen LogP contribution in [0.15, 0.2) is 6.20 Å². The van der Waals surface area contributed by atoms with E-state index in [2.05, 4.69) is 55.1 Å². The Morgan fingerprint density at radius 1 is 1.24 bits per heavy atom. The lowest BCUT2D eigenvalue weighted by atomic mass is 10.1. The maximum atomic E-state index is 5.75. The van der Waals surface area contributed by atoms with E-state index in [0.29, 0.717) is 12.2 Å². The zero-order valence-corrected chi connectivity index (χ0v) is 14.0. The smallest absolute Gasteiger partial charge is 0.0965 e. The Morgan fingerprint density at radius 3 is 2.52 bits per heavy atom. The third-order valence-corrected chi connectivity index (χ3v) is 3.53. The number of morpholine rings is 1. The minimum Gasteiger partial charge on any atom is -0.373 e. The molecule has 1 saturated heterocycles. The first kappa shape index (κ1) is 16.4. The first-order valence-corrected chi connectivity index (χ1v) is 7.84. The van der Waals surface area contributed by atoms with Gasteiger partial charge in [-0.3, -0.25) is 9.58 Å². The Balaban J connectivity index is 1.77. The molecule has 2 unspecified atom stereocenters. The lowest BCUT2D eigenvalue weighted by Crippen LogP contribution is -2.46. The average molecular weight is 295 g/mol. The molecule has 0 radical (unpaired) electrons. The molecule has 1 aromatic heterocycles. The van der Waals surface area contributed by atoms with Gasteiger partial charge in [0, 0.05) is 37.9 Å². The van der Waals surface area contributed by atoms with Gasteiger partial charge < -0.3 is 10.1 Å². The standard InChI is InChI=1S/C15H29N5O/c1-12-9-19(10-13(2)21-12)6-7-20-11-14(17-18-20)8-16-15(3,4)5/h11-13,16H,6-10H2,1-5H3. The van der Waals surface area contributed by atoms with Gasteiger partial charge in [0.25, 0.3) is 0 Å². The maximum absolute atomic E-state index is 5.75. The zero-order chi connectivity index (χ0) is 15.5. The van der Waals surface area contributed by atoms with Crippen molar-refractivity contribution in [1.29, 1.82) is 0 Å². The van der Waals surface area contributed by atoms with Crippen LogP contribution < -0.4 is 5.32 Å². The van der Waals surface area contributed by atoms with E-state index in [1.807, 2.05) is 10.9 Å². The third kappa shape index (κ3) is 5.73. The fourth-order valence-electron chi connectivity index (χ4n) is 2.60. The number of hydrogen-bond donors (Lipinski definition) is 1. The molecule has 0 aromatic carbocycles. The first-order valence-electron chi connectivity index (χ1n) is 7.84. The predicted molar refractivity (Wildman–Crippen MR) is 83.1 cm³/mol. The molecule has 2 heterocycles. The second kappa shape index (κ2) is 6.85. The van der Waals surface area contributed by atoms with Gasteiger partial charge in [-0.2, -0.15) is 0 Å². The van der Waals surface area contributed by atoms with Crippen molar-refractivity contribution in [2.45, 2.75) is 65.5 Å². The van der Waals surface area contributed by atoms with E-state index in [9.17, 15) is 0 Å². The SMILES string of the molecule is CC1CN(CCn2cc(CNC(C)(C)C)nn2)CC(C)O1. The molecule has 6 heteroatoms. The van der Waals surface area contributed by atoms with Crippen LogP contribution in [0.5, 0.6) is 0 Å². The van der Waals surface area contributed by atoms with Gasteiger partial charge in [0.1, 0.15) is 0 Å². The Bertz CT molecular complexity index is 430. The van der Waals surface area contributed by atoms with Crippen molar-refractivity contribution in [3.63, 3.8) is 0 Å². The first-order chi connectivity index (χ1) is 9.82. The predicted octanol–water partition coefficient (Wildman–Crippen LogP) is 1.28. The number of hydrogen-bond acceptors (Lipinski definition) is 5. The van der Waals surface area contributed by atoms with Crippen molar-refractivity contribution in [3.8, 4) is 0 Å². The highest BCUT2D eigenvalue weighted by molar-refractivity contribution is 4.93. The monoisotopic (exact) mass is 295 g/mol. The molecule has 0 aliphatic carbocycles. The van der Waals surface area contributed by atoms with E-state index in [1.54, 1.807) is 0 Å². The fourth-order valence-corrected chi connectivity index (χ4v) is 2.60. The van der Waals surface area contributed by atoms with Gasteiger partial charge in [0.2, 0.25) is 0 Å². The zero-order valence-electron chi connectivity index (χ0n) is 14.0. The minimum absolute atomic E-state index is 0.101. The molecule has 1 aliphatic rings. The van der Waals surface area contributed by atoms with Crippen LogP contribution in [0.2, 0.25) is 0 Å². The quantitative estimate of drug-likeness (QED) is 0.887. The van der Waals surface area contributed by atoms with E-state index in [4.69, 9.17) is 4.74 Å². The van der Waals surface area contributed by atoms with Gasteiger partial charge in [0.15, 0.2) is 0 Å². The Morgan fingerprint density at radius 2 is 1.90 bits per heavy atom. The van der Waals surface area contributed by atoms with Crippen LogP contribution in [-0.2, 0) is 17.8 Å². The summed E-state index contributed by atoms with van der Waals surface area (Å²) in [5.74, 6) is 0. The van der Waals surface area contributed by atoms with Crippen molar-refractivity contribution < 1.29 is 4.74 Å². The van der Waals surface area contributed by atoms with Crippen molar-refractivity contribution in [2.75, 3.05) is 19.6 Å². The van der Waals surface area contributed by atoms with Crippen LogP contribution >= 0.6 is 0 Å². The average Bonchev–Trinajstić information content (AvgIpc) is 2.80. The normalized spacial score (nSPS) is 24.4. The highest BCUT2D eigenvalue weighted by Crippen LogP contribution is 2.10. The van der Waals surface area contributed by atoms with Crippen LogP contribution in [0.1, 0.15) is 40.3 Å². The van der Waals surface area contributed by atoms with Crippen molar-refractivity contribution in [1.82, 2.24) is 25.2 Å². The highest BCUT2D eigenvalue weighted by atomic mass is 16.5. The van der Waals surface area contributed by atoms with Gasteiger partial charge in [-0.1, -0.05) is 5.21 Å². The molecular weight excluding hydrogens is 266 g/mol. The van der Waals surface area contributed by atoms with Crippen molar-refractivity contribution in [3.05, 3.63) is 11.9 Å². The molecule has 2 rings (SSSR count). The van der Waals surface area contributed by atoms with Crippen LogP contribution in [0.3, 0.4) is 0 Å². The Kier molecular flexibility index (Phi) is 5.35. The summed E-state index contributed by atoms with van der Waals surface area (Å²) in [5.41, 5.74) is 1.10. The molecule has 0 bridgehead atoms. The number of ether oxygens (including phenoxy) is 1. The molecule has 0 saturated carbocycles. The molecule has 1 fully saturated rings. The summed E-state index contributed by atoms with van der Waals surface area (Å²) in [7, 11) is 0. The summed E-state index contributed by atoms with van der Waals surface area (Å²) < 4.78 is 7.69. The Hall–Kier alpha value is -0.980. The molecule has 1 aromatic rings. The number of aromatic nitrogens is 3. The molecule has 6 nitrogen and oxygen atoms in total. The summed E-state index contributed by atoms with van der Waals surface area (Å²) >= 11 is 0. The van der Waals surface area contributed by atoms with E-state index in [-0.39, 0.29) is 5.54 Å². The summed E-state index contributed by atoms with van der Waals surface area (Å²) in [6, 6.07) is 0. The van der Waals surface area contributed by atoms with Gasteiger partial charge >= 0.3 is 0 Å². The number of nitrogens with one attached hydrogen (secondary N) is 1. The van der Waals surface area contributed by atoms with E-state index >= 15 is 0 Å². The van der Waals surface area contributed by atoms with Crippen LogP contribution in [0, 0.1) is 0 Å². The van der Waals surface area contributed by atoms with Gasteiger partial charge in [-0.15, -0.1) is 5.10 Å². The topological polar surface area (TPSA) is 55.2 Å². The highest BCUT2D eigenvalue weighted by Gasteiger charge is 2.21. The van der Waals surface area contributed by atoms with Crippen LogP contribution in [0.4, 0.5) is 0 Å². The van der Waals surface area contributed by atoms with E-state index < -0.39 is 0 Å². The molecule has 1 N–H and O–H groups in total. The van der Waals surface area contributed by atoms with E-state index in [0.717, 1.165) is 38.4 Å². The lowest BCUT2D eigenvalue weighted by molar-refractivity contribution is -0.0687. The number of rotatable bonds is 5. The van der Waals surface area contributed by atoms with Crippen LogP contribution in [0.25, 0.3) is 0 Å². The summed E-state index contributed by atoms with van der Waals surface area (Å²) in [4.78, 5) is 2.44. The number of nitrogens with zero attached hydrogens (tertiary/aromatic N) is 4. The molecule has 0 amide bonds. The van der Waals surface area contributed by atoms with Crippen molar-refractivity contribution in [2.24, 2.45) is 0 Å². The van der Waals surface area contributed by atoms with Crippen LogP contribution in [-0.4, -0.2) is 57.3 Å². The molecular formula is C15H29N5O. The molecule has 2 atom stereocenters. The van der Waals surface area contributed by atoms with Gasteiger partial charge in [-0.05, 0) is 34.6 Å². The molecule has 120 valence electrons. The molecule has 21 heavy (non-hydrogen) atoms. The molecule has 1 aliphatic heterocycles. The lowest BCUT2D eigenvalue weighted by Gasteiger charge is -2.35. The summed E-state index contributed by atoms with van der Waals surface area (Å²) in [5, 5.41) is 11.9. The van der Waals surface area contributed by atoms with Gasteiger partial charge in [-0.25, -0.2) is 0 Å². The summed E-state index contributed by atoms with van der Waals surface area (Å²) in [6.45, 7) is 15.3. The third-order valence-electron chi connectivity index (χ3n) is 3.53. The Labute approximate surface area is 127 Å². The second-order valence-corrected chi connectivity index (χ2v) is 7.09. The fraction of sp³-hybridized carbons (Fsp3) is 0.867. The van der Waals surface area contributed by atoms with Crippen molar-refractivity contribution >= 4 is 0 Å². The maximum Gasteiger partial charge on any atom is 0.0965 e. The largest absolute Gasteiger partial charge is 0.373 e. The van der Waals surface area contributed by atoms with Gasteiger partial charge in [0.05, 0.1) is 24.4 Å². The second-order valence-electron chi connectivity index (χ2n) is 7.09. The minimum atomic E-state index is 0.101. The molecule has 0 spiro atoms.